The van der Waals surface area contributed by atoms with E-state index in [1.54, 1.807) is 0 Å². The zero-order valence-electron chi connectivity index (χ0n) is 12.1. The lowest BCUT2D eigenvalue weighted by molar-refractivity contribution is -0.387. The van der Waals surface area contributed by atoms with Gasteiger partial charge in [-0.15, -0.1) is 0 Å². The van der Waals surface area contributed by atoms with Crippen molar-refractivity contribution >= 4 is 15.7 Å². The van der Waals surface area contributed by atoms with Crippen LogP contribution in [0.2, 0.25) is 0 Å². The van der Waals surface area contributed by atoms with Crippen molar-refractivity contribution in [2.24, 2.45) is 0 Å². The van der Waals surface area contributed by atoms with Crippen LogP contribution in [0.3, 0.4) is 0 Å². The molecule has 0 aromatic heterocycles. The normalized spacial score (nSPS) is 21.6. The zero-order chi connectivity index (χ0) is 16.7. The van der Waals surface area contributed by atoms with E-state index in [0.717, 1.165) is 18.2 Å². The summed E-state index contributed by atoms with van der Waals surface area (Å²) in [5.74, 6) is -1.79. The van der Waals surface area contributed by atoms with Crippen LogP contribution in [0.1, 0.15) is 12.8 Å². The molecule has 1 aromatic carbocycles. The molecule has 3 rings (SSSR count). The highest BCUT2D eigenvalue weighted by Gasteiger charge is 2.42. The summed E-state index contributed by atoms with van der Waals surface area (Å²) < 4.78 is 50.8. The standard InChI is InChI=1S/C13H15FN2O6S/c14-11-2-1-10(9-12(11)16(17)18)23(19,20)15-5-3-13(4-6-15)21-7-8-22-13/h1-2,9H,3-8H2. The molecule has 126 valence electrons. The molecule has 2 aliphatic heterocycles. The molecule has 0 atom stereocenters. The van der Waals surface area contributed by atoms with Gasteiger partial charge in [0, 0.05) is 32.0 Å². The molecule has 2 heterocycles. The Morgan fingerprint density at radius 3 is 2.39 bits per heavy atom. The molecular weight excluding hydrogens is 331 g/mol. The Bertz CT molecular complexity index is 722. The number of piperidine rings is 1. The van der Waals surface area contributed by atoms with Gasteiger partial charge in [0.25, 0.3) is 0 Å². The van der Waals surface area contributed by atoms with Crippen LogP contribution in [-0.4, -0.2) is 49.7 Å². The van der Waals surface area contributed by atoms with Gasteiger partial charge in [-0.05, 0) is 12.1 Å². The molecule has 2 aliphatic rings. The molecule has 0 bridgehead atoms. The van der Waals surface area contributed by atoms with E-state index in [9.17, 15) is 22.9 Å². The summed E-state index contributed by atoms with van der Waals surface area (Å²) in [7, 11) is -3.93. The van der Waals surface area contributed by atoms with Gasteiger partial charge in [-0.3, -0.25) is 10.1 Å². The maximum atomic E-state index is 13.4. The number of nitrogens with zero attached hydrogens (tertiary/aromatic N) is 2. The van der Waals surface area contributed by atoms with Gasteiger partial charge in [-0.2, -0.15) is 8.70 Å². The van der Waals surface area contributed by atoms with E-state index in [-0.39, 0.29) is 18.0 Å². The Balaban J connectivity index is 1.82. The third-order valence-corrected chi connectivity index (χ3v) is 5.94. The topological polar surface area (TPSA) is 99.0 Å². The summed E-state index contributed by atoms with van der Waals surface area (Å²) in [5, 5.41) is 10.8. The summed E-state index contributed by atoms with van der Waals surface area (Å²) in [6, 6.07) is 2.57. The van der Waals surface area contributed by atoms with E-state index in [1.165, 1.54) is 4.31 Å². The van der Waals surface area contributed by atoms with Gasteiger partial charge >= 0.3 is 5.69 Å². The fourth-order valence-electron chi connectivity index (χ4n) is 2.79. The summed E-state index contributed by atoms with van der Waals surface area (Å²) in [5.41, 5.74) is -0.859. The molecule has 0 aliphatic carbocycles. The lowest BCUT2D eigenvalue weighted by Crippen LogP contribution is -2.47. The van der Waals surface area contributed by atoms with Crippen LogP contribution < -0.4 is 0 Å². The highest BCUT2D eigenvalue weighted by Crippen LogP contribution is 2.34. The average molecular weight is 346 g/mol. The molecule has 1 aromatic rings. The van der Waals surface area contributed by atoms with Crippen molar-refractivity contribution in [3.05, 3.63) is 34.1 Å². The van der Waals surface area contributed by atoms with Crippen molar-refractivity contribution < 1.29 is 27.2 Å². The minimum absolute atomic E-state index is 0.174. The first-order chi connectivity index (χ1) is 10.8. The predicted octanol–water partition coefficient (Wildman–Crippen LogP) is 1.26. The van der Waals surface area contributed by atoms with Crippen LogP contribution >= 0.6 is 0 Å². The minimum Gasteiger partial charge on any atom is -0.347 e. The maximum absolute atomic E-state index is 13.4. The van der Waals surface area contributed by atoms with E-state index in [2.05, 4.69) is 0 Å². The van der Waals surface area contributed by atoms with Crippen molar-refractivity contribution in [2.45, 2.75) is 23.5 Å². The lowest BCUT2D eigenvalue weighted by atomic mass is 10.1. The third-order valence-electron chi connectivity index (χ3n) is 4.05. The Kier molecular flexibility index (Phi) is 4.08. The van der Waals surface area contributed by atoms with E-state index in [4.69, 9.17) is 9.47 Å². The van der Waals surface area contributed by atoms with E-state index >= 15 is 0 Å². The van der Waals surface area contributed by atoms with Crippen molar-refractivity contribution in [3.8, 4) is 0 Å². The van der Waals surface area contributed by atoms with Crippen LogP contribution in [0.15, 0.2) is 23.1 Å². The van der Waals surface area contributed by atoms with Gasteiger partial charge in [-0.25, -0.2) is 8.42 Å². The van der Waals surface area contributed by atoms with Gasteiger partial charge in [0.05, 0.1) is 23.0 Å². The van der Waals surface area contributed by atoms with Gasteiger partial charge < -0.3 is 9.47 Å². The second kappa shape index (κ2) is 5.78. The Labute approximate surface area is 132 Å². The molecule has 2 fully saturated rings. The lowest BCUT2D eigenvalue weighted by Gasteiger charge is -2.36. The van der Waals surface area contributed by atoms with Crippen molar-refractivity contribution in [2.75, 3.05) is 26.3 Å². The van der Waals surface area contributed by atoms with E-state index in [1.807, 2.05) is 0 Å². The number of nitro benzene ring substituents is 1. The SMILES string of the molecule is O=[N+]([O-])c1cc(S(=O)(=O)N2CCC3(CC2)OCCO3)ccc1F. The summed E-state index contributed by atoms with van der Waals surface area (Å²) in [4.78, 5) is 9.53. The van der Waals surface area contributed by atoms with Crippen molar-refractivity contribution in [1.82, 2.24) is 4.31 Å². The van der Waals surface area contributed by atoms with Crippen molar-refractivity contribution in [3.63, 3.8) is 0 Å². The average Bonchev–Trinajstić information content (AvgIpc) is 2.96. The van der Waals surface area contributed by atoms with Gasteiger partial charge in [0.1, 0.15) is 0 Å². The van der Waals surface area contributed by atoms with Crippen LogP contribution in [0.4, 0.5) is 10.1 Å². The third kappa shape index (κ3) is 2.94. The van der Waals surface area contributed by atoms with Crippen LogP contribution in [0, 0.1) is 15.9 Å². The maximum Gasteiger partial charge on any atom is 0.306 e. The van der Waals surface area contributed by atoms with Crippen LogP contribution in [0.25, 0.3) is 0 Å². The van der Waals surface area contributed by atoms with Crippen molar-refractivity contribution in [1.29, 1.82) is 0 Å². The number of benzene rings is 1. The number of halogens is 1. The summed E-state index contributed by atoms with van der Waals surface area (Å²) in [6.45, 7) is 1.31. The van der Waals surface area contributed by atoms with Gasteiger partial charge in [-0.1, -0.05) is 0 Å². The number of nitro groups is 1. The summed E-state index contributed by atoms with van der Waals surface area (Å²) >= 11 is 0. The first-order valence-corrected chi connectivity index (χ1v) is 8.50. The number of hydrogen-bond acceptors (Lipinski definition) is 6. The fraction of sp³-hybridized carbons (Fsp3) is 0.538. The quantitative estimate of drug-likeness (QED) is 0.603. The molecule has 23 heavy (non-hydrogen) atoms. The number of ether oxygens (including phenoxy) is 2. The molecule has 0 N–H and O–H groups in total. The molecule has 0 unspecified atom stereocenters. The number of sulfonamides is 1. The first-order valence-electron chi connectivity index (χ1n) is 7.06. The molecular formula is C13H15FN2O6S. The molecule has 10 heteroatoms. The molecule has 0 amide bonds. The fourth-order valence-corrected chi connectivity index (χ4v) is 4.26. The molecule has 0 radical (unpaired) electrons. The van der Waals surface area contributed by atoms with Crippen LogP contribution in [-0.2, 0) is 19.5 Å². The molecule has 2 saturated heterocycles. The smallest absolute Gasteiger partial charge is 0.306 e. The van der Waals surface area contributed by atoms with E-state index < -0.39 is 32.2 Å². The monoisotopic (exact) mass is 346 g/mol. The zero-order valence-corrected chi connectivity index (χ0v) is 12.9. The largest absolute Gasteiger partial charge is 0.347 e. The highest BCUT2D eigenvalue weighted by molar-refractivity contribution is 7.89. The number of rotatable bonds is 3. The Morgan fingerprint density at radius 1 is 1.22 bits per heavy atom. The molecule has 0 saturated carbocycles. The molecule has 1 spiro atoms. The Morgan fingerprint density at radius 2 is 1.83 bits per heavy atom. The second-order valence-corrected chi connectivity index (χ2v) is 7.32. The first kappa shape index (κ1) is 16.2. The van der Waals surface area contributed by atoms with E-state index in [0.29, 0.717) is 26.1 Å². The van der Waals surface area contributed by atoms with Crippen LogP contribution in [0.5, 0.6) is 0 Å². The predicted molar refractivity (Wildman–Crippen MR) is 75.7 cm³/mol. The summed E-state index contributed by atoms with van der Waals surface area (Å²) in [6.07, 6.45) is 0.769. The second-order valence-electron chi connectivity index (χ2n) is 5.38. The molecule has 8 nitrogen and oxygen atoms in total. The number of hydrogen-bond donors (Lipinski definition) is 0. The minimum atomic E-state index is -3.93. The van der Waals surface area contributed by atoms with Gasteiger partial charge in [0.15, 0.2) is 5.79 Å². The Hall–Kier alpha value is -1.62. The highest BCUT2D eigenvalue weighted by atomic mass is 32.2. The van der Waals surface area contributed by atoms with Gasteiger partial charge in [0.2, 0.25) is 15.8 Å².